The highest BCUT2D eigenvalue weighted by molar-refractivity contribution is 5.89. The molecule has 5 nitrogen and oxygen atoms in total. The minimum atomic E-state index is -0.332. The number of benzene rings is 1. The van der Waals surface area contributed by atoms with Crippen molar-refractivity contribution in [3.63, 3.8) is 0 Å². The minimum absolute atomic E-state index is 0.332. The standard InChI is InChI=1S/C19H15FN4O/c20-15-10-17-13(3-8-25-17)9-14(15)19-18(12-1-4-21-5-2-12)16-11-22-6-7-24(16)23-19/h1-5,8-10,22H,6-7,11H2. The van der Waals surface area contributed by atoms with Gasteiger partial charge in [0.25, 0.3) is 0 Å². The molecule has 0 spiro atoms. The van der Waals surface area contributed by atoms with Crippen LogP contribution in [0.1, 0.15) is 5.69 Å². The van der Waals surface area contributed by atoms with E-state index < -0.39 is 0 Å². The number of pyridine rings is 1. The number of nitrogens with zero attached hydrogens (tertiary/aromatic N) is 3. The van der Waals surface area contributed by atoms with Gasteiger partial charge in [0.2, 0.25) is 0 Å². The molecule has 4 heterocycles. The van der Waals surface area contributed by atoms with E-state index >= 15 is 0 Å². The third-order valence-electron chi connectivity index (χ3n) is 4.62. The summed E-state index contributed by atoms with van der Waals surface area (Å²) >= 11 is 0. The first-order valence-electron chi connectivity index (χ1n) is 8.19. The van der Waals surface area contributed by atoms with Crippen LogP contribution in [0.5, 0.6) is 0 Å². The Balaban J connectivity index is 1.80. The van der Waals surface area contributed by atoms with Gasteiger partial charge in [0.1, 0.15) is 17.1 Å². The van der Waals surface area contributed by atoms with Gasteiger partial charge in [0, 0.05) is 48.1 Å². The van der Waals surface area contributed by atoms with Gasteiger partial charge in [0.05, 0.1) is 18.5 Å². The molecule has 0 bridgehead atoms. The summed E-state index contributed by atoms with van der Waals surface area (Å²) in [4.78, 5) is 4.09. The van der Waals surface area contributed by atoms with Crippen LogP contribution in [0.2, 0.25) is 0 Å². The lowest BCUT2D eigenvalue weighted by molar-refractivity contribution is 0.477. The number of aromatic nitrogens is 3. The van der Waals surface area contributed by atoms with Gasteiger partial charge in [-0.2, -0.15) is 5.10 Å². The molecule has 1 aliphatic heterocycles. The fourth-order valence-corrected chi connectivity index (χ4v) is 3.43. The lowest BCUT2D eigenvalue weighted by Crippen LogP contribution is -2.28. The van der Waals surface area contributed by atoms with E-state index in [2.05, 4.69) is 10.3 Å². The predicted molar refractivity (Wildman–Crippen MR) is 92.3 cm³/mol. The van der Waals surface area contributed by atoms with E-state index in [0.29, 0.717) is 23.4 Å². The molecule has 1 aliphatic rings. The largest absolute Gasteiger partial charge is 0.464 e. The number of nitrogens with one attached hydrogen (secondary N) is 1. The molecule has 0 saturated carbocycles. The number of hydrogen-bond acceptors (Lipinski definition) is 4. The molecule has 6 heteroatoms. The van der Waals surface area contributed by atoms with E-state index in [1.807, 2.05) is 22.9 Å². The maximum absolute atomic E-state index is 14.8. The Labute approximate surface area is 143 Å². The second-order valence-corrected chi connectivity index (χ2v) is 6.10. The first-order valence-corrected chi connectivity index (χ1v) is 8.19. The van der Waals surface area contributed by atoms with Crippen molar-refractivity contribution in [2.24, 2.45) is 0 Å². The summed E-state index contributed by atoms with van der Waals surface area (Å²) in [5, 5.41) is 8.97. The van der Waals surface area contributed by atoms with Crippen LogP contribution in [0.25, 0.3) is 33.4 Å². The Kier molecular flexibility index (Phi) is 3.18. The lowest BCUT2D eigenvalue weighted by atomic mass is 9.98. The highest BCUT2D eigenvalue weighted by atomic mass is 19.1. The minimum Gasteiger partial charge on any atom is -0.464 e. The summed E-state index contributed by atoms with van der Waals surface area (Å²) in [6.45, 7) is 2.33. The normalized spacial score (nSPS) is 14.0. The third-order valence-corrected chi connectivity index (χ3v) is 4.62. The fourth-order valence-electron chi connectivity index (χ4n) is 3.43. The number of furan rings is 1. The molecular formula is C19H15FN4O. The Morgan fingerprint density at radius 1 is 1.16 bits per heavy atom. The van der Waals surface area contributed by atoms with Crippen LogP contribution in [0.4, 0.5) is 4.39 Å². The summed E-state index contributed by atoms with van der Waals surface area (Å²) in [5.74, 6) is -0.332. The van der Waals surface area contributed by atoms with Gasteiger partial charge in [-0.3, -0.25) is 9.67 Å². The molecule has 0 aliphatic carbocycles. The number of halogens is 1. The summed E-state index contributed by atoms with van der Waals surface area (Å²) in [5.41, 5.74) is 4.70. The van der Waals surface area contributed by atoms with Crippen molar-refractivity contribution in [3.8, 4) is 22.4 Å². The Hall–Kier alpha value is -2.99. The molecule has 1 N–H and O–H groups in total. The molecule has 0 radical (unpaired) electrons. The van der Waals surface area contributed by atoms with Crippen LogP contribution in [0, 0.1) is 5.82 Å². The van der Waals surface area contributed by atoms with Crippen LogP contribution in [0.15, 0.2) is 53.4 Å². The van der Waals surface area contributed by atoms with Crippen LogP contribution in [-0.2, 0) is 13.1 Å². The zero-order chi connectivity index (χ0) is 16.8. The van der Waals surface area contributed by atoms with E-state index in [1.165, 1.54) is 6.07 Å². The van der Waals surface area contributed by atoms with Crippen molar-refractivity contribution >= 4 is 11.0 Å². The second-order valence-electron chi connectivity index (χ2n) is 6.10. The summed E-state index contributed by atoms with van der Waals surface area (Å²) in [6, 6.07) is 8.94. The van der Waals surface area contributed by atoms with Crippen molar-refractivity contribution < 1.29 is 8.81 Å². The molecule has 5 rings (SSSR count). The van der Waals surface area contributed by atoms with Crippen LogP contribution in [0.3, 0.4) is 0 Å². The first-order chi connectivity index (χ1) is 12.3. The van der Waals surface area contributed by atoms with Gasteiger partial charge in [0.15, 0.2) is 0 Å². The molecule has 0 fully saturated rings. The number of rotatable bonds is 2. The van der Waals surface area contributed by atoms with Crippen molar-refractivity contribution in [3.05, 3.63) is 60.5 Å². The van der Waals surface area contributed by atoms with Crippen molar-refractivity contribution in [2.45, 2.75) is 13.1 Å². The lowest BCUT2D eigenvalue weighted by Gasteiger charge is -2.16. The molecule has 3 aromatic heterocycles. The van der Waals surface area contributed by atoms with E-state index in [0.717, 1.165) is 35.3 Å². The van der Waals surface area contributed by atoms with Gasteiger partial charge in [-0.05, 0) is 29.8 Å². The van der Waals surface area contributed by atoms with Crippen LogP contribution in [-0.4, -0.2) is 21.3 Å². The number of hydrogen-bond donors (Lipinski definition) is 1. The average molecular weight is 334 g/mol. The smallest absolute Gasteiger partial charge is 0.136 e. The topological polar surface area (TPSA) is 55.9 Å². The summed E-state index contributed by atoms with van der Waals surface area (Å²) in [7, 11) is 0. The predicted octanol–water partition coefficient (Wildman–Crippen LogP) is 3.60. The molecule has 1 aromatic carbocycles. The maximum Gasteiger partial charge on any atom is 0.136 e. The highest BCUT2D eigenvalue weighted by Crippen LogP contribution is 2.37. The van der Waals surface area contributed by atoms with Gasteiger partial charge >= 0.3 is 0 Å². The third kappa shape index (κ3) is 2.26. The highest BCUT2D eigenvalue weighted by Gasteiger charge is 2.24. The molecule has 0 saturated heterocycles. The van der Waals surface area contributed by atoms with E-state index in [1.54, 1.807) is 24.7 Å². The van der Waals surface area contributed by atoms with Crippen LogP contribution >= 0.6 is 0 Å². The Morgan fingerprint density at radius 2 is 2.04 bits per heavy atom. The first kappa shape index (κ1) is 14.4. The maximum atomic E-state index is 14.8. The van der Waals surface area contributed by atoms with Crippen molar-refractivity contribution in [1.82, 2.24) is 20.1 Å². The van der Waals surface area contributed by atoms with E-state index in [-0.39, 0.29) is 5.82 Å². The SMILES string of the molecule is Fc1cc2occc2cc1-c1nn2c(c1-c1ccncc1)CNCC2. The quantitative estimate of drug-likeness (QED) is 0.608. The molecular weight excluding hydrogens is 319 g/mol. The number of fused-ring (bicyclic) bond motifs is 2. The van der Waals surface area contributed by atoms with Gasteiger partial charge in [-0.1, -0.05) is 0 Å². The molecule has 4 aromatic rings. The molecule has 124 valence electrons. The van der Waals surface area contributed by atoms with Crippen LogP contribution < -0.4 is 5.32 Å². The second kappa shape index (κ2) is 5.53. The Bertz CT molecular complexity index is 1070. The van der Waals surface area contributed by atoms with Gasteiger partial charge in [-0.15, -0.1) is 0 Å². The van der Waals surface area contributed by atoms with E-state index in [4.69, 9.17) is 9.52 Å². The van der Waals surface area contributed by atoms with E-state index in [9.17, 15) is 4.39 Å². The summed E-state index contributed by atoms with van der Waals surface area (Å²) < 4.78 is 22.1. The zero-order valence-electron chi connectivity index (χ0n) is 13.4. The zero-order valence-corrected chi connectivity index (χ0v) is 13.4. The molecule has 0 atom stereocenters. The monoisotopic (exact) mass is 334 g/mol. The Morgan fingerprint density at radius 3 is 2.92 bits per heavy atom. The summed E-state index contributed by atoms with van der Waals surface area (Å²) in [6.07, 6.45) is 5.06. The van der Waals surface area contributed by atoms with Gasteiger partial charge in [-0.25, -0.2) is 4.39 Å². The van der Waals surface area contributed by atoms with Crippen molar-refractivity contribution in [1.29, 1.82) is 0 Å². The fraction of sp³-hybridized carbons (Fsp3) is 0.158. The average Bonchev–Trinajstić information content (AvgIpc) is 3.25. The van der Waals surface area contributed by atoms with Gasteiger partial charge < -0.3 is 9.73 Å². The molecule has 0 amide bonds. The van der Waals surface area contributed by atoms with Crippen molar-refractivity contribution in [2.75, 3.05) is 6.54 Å². The molecule has 25 heavy (non-hydrogen) atoms. The molecule has 0 unspecified atom stereocenters.